The molecule has 2 aliphatic heterocycles. The molecule has 3 aromatic heterocycles. The lowest BCUT2D eigenvalue weighted by atomic mass is 9.97. The number of piperazine rings is 1. The average Bonchev–Trinajstić information content (AvgIpc) is 3.56. The van der Waals surface area contributed by atoms with E-state index >= 15 is 0 Å². The van der Waals surface area contributed by atoms with Crippen LogP contribution in [-0.2, 0) is 7.05 Å². The number of ether oxygens (including phenoxy) is 1. The number of anilines is 5. The van der Waals surface area contributed by atoms with Gasteiger partial charge in [0.15, 0.2) is 5.82 Å². The van der Waals surface area contributed by atoms with Crippen LogP contribution in [0.2, 0.25) is 5.02 Å². The van der Waals surface area contributed by atoms with Crippen LogP contribution in [0.1, 0.15) is 12.8 Å². The highest BCUT2D eigenvalue weighted by atomic mass is 35.5. The highest BCUT2D eigenvalue weighted by molar-refractivity contribution is 7.65. The van der Waals surface area contributed by atoms with Gasteiger partial charge >= 0.3 is 0 Å². The van der Waals surface area contributed by atoms with Crippen LogP contribution in [0.4, 0.5) is 28.8 Å². The van der Waals surface area contributed by atoms with Crippen LogP contribution in [0.3, 0.4) is 0 Å². The normalized spacial score (nSPS) is 15.7. The van der Waals surface area contributed by atoms with E-state index in [9.17, 15) is 0 Å². The monoisotopic (exact) mass is 735 g/mol. The minimum Gasteiger partial charge on any atom is -0.494 e. The lowest BCUT2D eigenvalue weighted by molar-refractivity contribution is 0.196. The van der Waals surface area contributed by atoms with Crippen molar-refractivity contribution in [3.8, 4) is 16.9 Å². The quantitative estimate of drug-likeness (QED) is 0.149. The van der Waals surface area contributed by atoms with Crippen LogP contribution in [-0.4, -0.2) is 101 Å². The van der Waals surface area contributed by atoms with Gasteiger partial charge in [0.1, 0.15) is 10.8 Å². The van der Waals surface area contributed by atoms with Gasteiger partial charge in [0.2, 0.25) is 5.95 Å². The molecule has 15 heteroatoms. The zero-order chi connectivity index (χ0) is 33.9. The summed E-state index contributed by atoms with van der Waals surface area (Å²) in [6.07, 6.45) is 11.5. The highest BCUT2D eigenvalue weighted by Crippen LogP contribution is 2.41. The molecule has 2 fully saturated rings. The molecule has 0 saturated carbocycles. The van der Waals surface area contributed by atoms with Gasteiger partial charge in [-0.05, 0) is 63.4 Å². The summed E-state index contributed by atoms with van der Waals surface area (Å²) in [6, 6.07) is 8.20. The lowest BCUT2D eigenvalue weighted by Crippen LogP contribution is -2.48. The number of piperidine rings is 1. The molecule has 2 aromatic carbocycles. The number of methoxy groups -OCH3 is 1. The van der Waals surface area contributed by atoms with Crippen LogP contribution in [0, 0.1) is 5.92 Å². The summed E-state index contributed by atoms with van der Waals surface area (Å²) in [6.45, 7) is 11.8. The molecule has 2 aliphatic rings. The molecular weight excluding hydrogens is 692 g/mol. The Bertz CT molecular complexity index is 1930. The molecule has 0 amide bonds. The molecule has 5 aromatic rings. The maximum Gasteiger partial charge on any atom is 0.229 e. The Morgan fingerprint density at radius 2 is 1.76 bits per heavy atom. The average molecular weight is 737 g/mol. The smallest absolute Gasteiger partial charge is 0.229 e. The first kappa shape index (κ1) is 36.0. The second kappa shape index (κ2) is 16.0. The fraction of sp³-hybridized carbons (Fsp3) is 0.400. The maximum atomic E-state index is 6.65. The summed E-state index contributed by atoms with van der Waals surface area (Å²) in [7, 11) is 3.12. The molecule has 0 radical (unpaired) electrons. The van der Waals surface area contributed by atoms with Crippen molar-refractivity contribution >= 4 is 77.1 Å². The Kier molecular flexibility index (Phi) is 11.6. The fourth-order valence-electron chi connectivity index (χ4n) is 6.83. The minimum atomic E-state index is -0.516. The molecule has 0 spiro atoms. The summed E-state index contributed by atoms with van der Waals surface area (Å²) in [5.41, 5.74) is 6.60. The van der Waals surface area contributed by atoms with E-state index in [1.165, 1.54) is 19.4 Å². The molecule has 0 bridgehead atoms. The van der Waals surface area contributed by atoms with E-state index in [4.69, 9.17) is 21.3 Å². The Morgan fingerprint density at radius 3 is 2.48 bits per heavy atom. The van der Waals surface area contributed by atoms with E-state index < -0.39 is 7.92 Å². The predicted octanol–water partition coefficient (Wildman–Crippen LogP) is 5.88. The maximum absolute atomic E-state index is 6.65. The van der Waals surface area contributed by atoms with Crippen molar-refractivity contribution in [2.24, 2.45) is 13.0 Å². The third-order valence-corrected chi connectivity index (χ3v) is 11.0. The standard InChI is InChI=1S/C35H43ClN11OP.ClH/c1-45-22-24(19-41-45)25-17-29(31(48-2)18-30(25)47-15-13-46(14-16-47)21-23-7-9-37-10-8-23)43-35-40-20-26(36)34(44-35)42-28-6-5-27-32(33(28)49(3)4)39-12-11-38-27;/h5-6,11-12,17-20,22-23,37H,7-10,13-16,21H2,1-4H3,(H2,40,42,43,44);1H. The van der Waals surface area contributed by atoms with Gasteiger partial charge in [-0.3, -0.25) is 19.5 Å². The molecule has 12 nitrogen and oxygen atoms in total. The van der Waals surface area contributed by atoms with Gasteiger partial charge in [0.05, 0.1) is 36.2 Å². The zero-order valence-electron chi connectivity index (χ0n) is 28.9. The number of fused-ring (bicyclic) bond motifs is 1. The van der Waals surface area contributed by atoms with E-state index in [1.54, 1.807) is 25.7 Å². The number of aryl methyl sites for hydroxylation is 1. The van der Waals surface area contributed by atoms with E-state index in [1.807, 2.05) is 36.3 Å². The van der Waals surface area contributed by atoms with Crippen LogP contribution >= 0.6 is 31.9 Å². The van der Waals surface area contributed by atoms with Crippen LogP contribution < -0.4 is 30.9 Å². The molecular formula is C35H44Cl2N11OP. The summed E-state index contributed by atoms with van der Waals surface area (Å²) in [5.74, 6) is 2.37. The van der Waals surface area contributed by atoms with Crippen molar-refractivity contribution in [1.29, 1.82) is 0 Å². The number of nitrogens with one attached hydrogen (secondary N) is 3. The molecule has 0 atom stereocenters. The number of halogens is 2. The van der Waals surface area contributed by atoms with Crippen LogP contribution in [0.15, 0.2) is 55.2 Å². The third kappa shape index (κ3) is 7.90. The Balaban J connectivity index is 0.00000432. The van der Waals surface area contributed by atoms with Gasteiger partial charge in [0.25, 0.3) is 0 Å². The van der Waals surface area contributed by atoms with Crippen molar-refractivity contribution in [1.82, 2.24) is 39.9 Å². The SMILES string of the molecule is COc1cc(N2CCN(CC3CCNCC3)CC2)c(-c2cnn(C)c2)cc1Nc1ncc(Cl)c(Nc2ccc3nccnc3c2P(C)C)n1.Cl. The Morgan fingerprint density at radius 1 is 0.980 bits per heavy atom. The molecule has 3 N–H and O–H groups in total. The minimum absolute atomic E-state index is 0. The van der Waals surface area contributed by atoms with E-state index in [0.717, 1.165) is 89.7 Å². The summed E-state index contributed by atoms with van der Waals surface area (Å²) in [4.78, 5) is 23.6. The Labute approximate surface area is 305 Å². The summed E-state index contributed by atoms with van der Waals surface area (Å²) >= 11 is 6.65. The van der Waals surface area contributed by atoms with Crippen molar-refractivity contribution in [3.05, 3.63) is 60.3 Å². The van der Waals surface area contributed by atoms with Crippen LogP contribution in [0.5, 0.6) is 5.75 Å². The third-order valence-electron chi connectivity index (χ3n) is 9.33. The Hall–Kier alpha value is -3.80. The number of nitrogens with zero attached hydrogens (tertiary/aromatic N) is 8. The largest absolute Gasteiger partial charge is 0.494 e. The van der Waals surface area contributed by atoms with E-state index in [2.05, 4.69) is 71.3 Å². The molecule has 0 aliphatic carbocycles. The van der Waals surface area contributed by atoms with Crippen molar-refractivity contribution in [2.45, 2.75) is 12.8 Å². The van der Waals surface area contributed by atoms with Gasteiger partial charge in [-0.1, -0.05) is 19.5 Å². The first-order valence-electron chi connectivity index (χ1n) is 16.7. The molecule has 264 valence electrons. The second-order valence-corrected chi connectivity index (χ2v) is 15.5. The molecule has 50 heavy (non-hydrogen) atoms. The topological polar surface area (TPSA) is 121 Å². The lowest BCUT2D eigenvalue weighted by Gasteiger charge is -2.39. The van der Waals surface area contributed by atoms with E-state index in [0.29, 0.717) is 22.5 Å². The fourth-order valence-corrected chi connectivity index (χ4v) is 8.17. The number of hydrogen-bond donors (Lipinski definition) is 3. The number of rotatable bonds is 10. The number of benzene rings is 2. The molecule has 5 heterocycles. The molecule has 0 unspecified atom stereocenters. The van der Waals surface area contributed by atoms with Crippen molar-refractivity contribution in [2.75, 3.05) is 81.8 Å². The van der Waals surface area contributed by atoms with Gasteiger partial charge in [0, 0.05) is 92.2 Å². The zero-order valence-corrected chi connectivity index (χ0v) is 31.3. The van der Waals surface area contributed by atoms with Crippen LogP contribution in [0.25, 0.3) is 22.2 Å². The van der Waals surface area contributed by atoms with Gasteiger partial charge in [-0.2, -0.15) is 10.1 Å². The van der Waals surface area contributed by atoms with Crippen molar-refractivity contribution in [3.63, 3.8) is 0 Å². The van der Waals surface area contributed by atoms with Gasteiger partial charge < -0.3 is 25.6 Å². The molecule has 7 rings (SSSR count). The first-order valence-corrected chi connectivity index (χ1v) is 19.3. The number of aromatic nitrogens is 6. The molecule has 2 saturated heterocycles. The van der Waals surface area contributed by atoms with Gasteiger partial charge in [-0.25, -0.2) is 4.98 Å². The van der Waals surface area contributed by atoms with Gasteiger partial charge in [-0.15, -0.1) is 12.4 Å². The highest BCUT2D eigenvalue weighted by Gasteiger charge is 2.25. The van der Waals surface area contributed by atoms with Crippen molar-refractivity contribution < 1.29 is 4.74 Å². The predicted molar refractivity (Wildman–Crippen MR) is 208 cm³/mol. The summed E-state index contributed by atoms with van der Waals surface area (Å²) < 4.78 is 7.80. The van der Waals surface area contributed by atoms with E-state index in [-0.39, 0.29) is 12.4 Å². The first-order chi connectivity index (χ1) is 23.9. The second-order valence-electron chi connectivity index (χ2n) is 12.9. The summed E-state index contributed by atoms with van der Waals surface area (Å²) in [5, 5.41) is 16.4. The number of hydrogen-bond acceptors (Lipinski definition) is 11.